The lowest BCUT2D eigenvalue weighted by Gasteiger charge is -2.30. The van der Waals surface area contributed by atoms with Crippen molar-refractivity contribution < 1.29 is 13.2 Å². The van der Waals surface area contributed by atoms with E-state index in [9.17, 15) is 13.2 Å². The highest BCUT2D eigenvalue weighted by atomic mass is 19.4. The Morgan fingerprint density at radius 2 is 2.23 bits per heavy atom. The van der Waals surface area contributed by atoms with Gasteiger partial charge in [-0.2, -0.15) is 13.2 Å². The van der Waals surface area contributed by atoms with Crippen LogP contribution in [0.25, 0.3) is 0 Å². The SMILES string of the molecule is C=C(Nc1cc(C(CCC)N2CC(C(F)(F)F)NC2=C)ccn1)C(C)N. The highest BCUT2D eigenvalue weighted by Gasteiger charge is 2.46. The summed E-state index contributed by atoms with van der Waals surface area (Å²) in [6, 6.07) is 1.56. The molecule has 0 amide bonds. The molecule has 26 heavy (non-hydrogen) atoms. The van der Waals surface area contributed by atoms with Crippen LogP contribution in [0.2, 0.25) is 0 Å². The molecule has 0 aromatic carbocycles. The Hall–Kier alpha value is -2.22. The number of halogens is 3. The average Bonchev–Trinajstić information content (AvgIpc) is 2.94. The topological polar surface area (TPSA) is 66.2 Å². The highest BCUT2D eigenvalue weighted by molar-refractivity contribution is 5.44. The molecule has 4 N–H and O–H groups in total. The maximum atomic E-state index is 13.1. The lowest BCUT2D eigenvalue weighted by atomic mass is 10.0. The molecule has 1 aliphatic heterocycles. The third-order valence-electron chi connectivity index (χ3n) is 4.41. The molecule has 5 nitrogen and oxygen atoms in total. The Morgan fingerprint density at radius 1 is 1.54 bits per heavy atom. The van der Waals surface area contributed by atoms with Crippen molar-refractivity contribution in [1.29, 1.82) is 0 Å². The van der Waals surface area contributed by atoms with E-state index in [0.29, 0.717) is 17.9 Å². The summed E-state index contributed by atoms with van der Waals surface area (Å²) in [5, 5.41) is 5.51. The minimum atomic E-state index is -4.31. The van der Waals surface area contributed by atoms with E-state index in [1.54, 1.807) is 18.0 Å². The minimum absolute atomic E-state index is 0.162. The molecule has 0 saturated carbocycles. The van der Waals surface area contributed by atoms with Crippen LogP contribution < -0.4 is 16.4 Å². The van der Waals surface area contributed by atoms with Gasteiger partial charge in [-0.15, -0.1) is 0 Å². The van der Waals surface area contributed by atoms with Crippen molar-refractivity contribution in [2.24, 2.45) is 5.73 Å². The van der Waals surface area contributed by atoms with E-state index in [0.717, 1.165) is 12.0 Å². The fraction of sp³-hybridized carbons (Fsp3) is 0.500. The Morgan fingerprint density at radius 3 is 2.77 bits per heavy atom. The van der Waals surface area contributed by atoms with Crippen molar-refractivity contribution >= 4 is 5.82 Å². The average molecular weight is 369 g/mol. The predicted octanol–water partition coefficient (Wildman–Crippen LogP) is 3.50. The normalized spacial score (nSPS) is 19.8. The van der Waals surface area contributed by atoms with Gasteiger partial charge in [-0.05, 0) is 31.0 Å². The molecule has 0 radical (unpaired) electrons. The van der Waals surface area contributed by atoms with E-state index in [2.05, 4.69) is 28.8 Å². The molecule has 3 unspecified atom stereocenters. The Labute approximate surface area is 152 Å². The van der Waals surface area contributed by atoms with E-state index in [1.165, 1.54) is 0 Å². The molecule has 2 rings (SSSR count). The Kier molecular flexibility index (Phi) is 6.17. The van der Waals surface area contributed by atoms with Crippen LogP contribution in [0, 0.1) is 0 Å². The second-order valence-corrected chi connectivity index (χ2v) is 6.56. The van der Waals surface area contributed by atoms with Gasteiger partial charge in [-0.25, -0.2) is 4.98 Å². The third kappa shape index (κ3) is 4.69. The number of rotatable bonds is 7. The third-order valence-corrected chi connectivity index (χ3v) is 4.41. The van der Waals surface area contributed by atoms with Gasteiger partial charge in [0.05, 0.1) is 11.9 Å². The summed E-state index contributed by atoms with van der Waals surface area (Å²) in [5.74, 6) is 0.855. The molecule has 8 heteroatoms. The number of pyridine rings is 1. The van der Waals surface area contributed by atoms with E-state index < -0.39 is 12.2 Å². The smallest absolute Gasteiger partial charge is 0.359 e. The van der Waals surface area contributed by atoms with Gasteiger partial charge in [0.1, 0.15) is 11.9 Å². The summed E-state index contributed by atoms with van der Waals surface area (Å²) in [6.07, 6.45) is -1.16. The molecule has 3 atom stereocenters. The van der Waals surface area contributed by atoms with Gasteiger partial charge in [0.15, 0.2) is 0 Å². The summed E-state index contributed by atoms with van der Waals surface area (Å²) >= 11 is 0. The second kappa shape index (κ2) is 7.99. The summed E-state index contributed by atoms with van der Waals surface area (Å²) in [5.41, 5.74) is 7.26. The number of anilines is 1. The molecule has 0 aliphatic carbocycles. The summed E-state index contributed by atoms with van der Waals surface area (Å²) in [4.78, 5) is 5.92. The number of nitrogens with one attached hydrogen (secondary N) is 2. The van der Waals surface area contributed by atoms with Crippen LogP contribution in [-0.2, 0) is 0 Å². The molecular weight excluding hydrogens is 343 g/mol. The quantitative estimate of drug-likeness (QED) is 0.686. The number of nitrogens with two attached hydrogens (primary N) is 1. The standard InChI is InChI=1S/C18H26F3N5/c1-5-6-15(26-10-16(18(19,20)21)25-13(26)4)14-7-8-23-17(9-14)24-12(3)11(2)22/h7-9,11,15-16,25H,3-6,10,22H2,1-2H3,(H,23,24). The molecular formula is C18H26F3N5. The first-order valence-corrected chi connectivity index (χ1v) is 8.59. The predicted molar refractivity (Wildman–Crippen MR) is 97.1 cm³/mol. The molecule has 1 aromatic heterocycles. The van der Waals surface area contributed by atoms with Crippen LogP contribution >= 0.6 is 0 Å². The zero-order chi connectivity index (χ0) is 19.5. The van der Waals surface area contributed by atoms with Gasteiger partial charge in [0.25, 0.3) is 0 Å². The van der Waals surface area contributed by atoms with Crippen molar-refractivity contribution in [2.45, 2.75) is 51.0 Å². The minimum Gasteiger partial charge on any atom is -0.359 e. The van der Waals surface area contributed by atoms with Crippen LogP contribution in [0.15, 0.2) is 43.0 Å². The number of alkyl halides is 3. The van der Waals surface area contributed by atoms with Crippen molar-refractivity contribution in [2.75, 3.05) is 11.9 Å². The molecule has 144 valence electrons. The summed E-state index contributed by atoms with van der Waals surface area (Å²) < 4.78 is 39.2. The van der Waals surface area contributed by atoms with Crippen molar-refractivity contribution in [3.05, 3.63) is 48.6 Å². The van der Waals surface area contributed by atoms with Crippen LogP contribution in [-0.4, -0.2) is 34.7 Å². The maximum Gasteiger partial charge on any atom is 0.410 e. The molecule has 1 aliphatic rings. The van der Waals surface area contributed by atoms with Crippen LogP contribution in [0.5, 0.6) is 0 Å². The molecule has 1 fully saturated rings. The van der Waals surface area contributed by atoms with Gasteiger partial charge in [-0.3, -0.25) is 0 Å². The number of aromatic nitrogens is 1. The fourth-order valence-electron chi connectivity index (χ4n) is 2.91. The largest absolute Gasteiger partial charge is 0.410 e. The molecule has 0 bridgehead atoms. The zero-order valence-corrected chi connectivity index (χ0v) is 15.1. The van der Waals surface area contributed by atoms with Crippen molar-refractivity contribution in [3.8, 4) is 0 Å². The van der Waals surface area contributed by atoms with Crippen molar-refractivity contribution in [1.82, 2.24) is 15.2 Å². The number of nitrogens with zero attached hydrogens (tertiary/aromatic N) is 2. The first-order valence-electron chi connectivity index (χ1n) is 8.59. The molecule has 1 saturated heterocycles. The van der Waals surface area contributed by atoms with E-state index >= 15 is 0 Å². The van der Waals surface area contributed by atoms with E-state index in [1.807, 2.05) is 19.1 Å². The van der Waals surface area contributed by atoms with Gasteiger partial charge >= 0.3 is 6.18 Å². The summed E-state index contributed by atoms with van der Waals surface area (Å²) in [6.45, 7) is 11.3. The van der Waals surface area contributed by atoms with Gasteiger partial charge in [0, 0.05) is 24.5 Å². The number of hydrogen-bond acceptors (Lipinski definition) is 5. The fourth-order valence-corrected chi connectivity index (χ4v) is 2.91. The van der Waals surface area contributed by atoms with E-state index in [-0.39, 0.29) is 24.4 Å². The van der Waals surface area contributed by atoms with Crippen LogP contribution in [0.4, 0.5) is 19.0 Å². The number of hydrogen-bond donors (Lipinski definition) is 3. The van der Waals surface area contributed by atoms with Gasteiger partial charge in [-0.1, -0.05) is 26.5 Å². The highest BCUT2D eigenvalue weighted by Crippen LogP contribution is 2.35. The molecule has 0 spiro atoms. The second-order valence-electron chi connectivity index (χ2n) is 6.56. The molecule has 1 aromatic rings. The lowest BCUT2D eigenvalue weighted by Crippen LogP contribution is -2.39. The van der Waals surface area contributed by atoms with Crippen LogP contribution in [0.3, 0.4) is 0 Å². The maximum absolute atomic E-state index is 13.1. The molecule has 2 heterocycles. The van der Waals surface area contributed by atoms with Gasteiger partial charge in [0.2, 0.25) is 0 Å². The van der Waals surface area contributed by atoms with Crippen molar-refractivity contribution in [3.63, 3.8) is 0 Å². The zero-order valence-electron chi connectivity index (χ0n) is 15.1. The van der Waals surface area contributed by atoms with Gasteiger partial charge < -0.3 is 21.3 Å². The first kappa shape index (κ1) is 20.1. The summed E-state index contributed by atoms with van der Waals surface area (Å²) in [7, 11) is 0. The monoisotopic (exact) mass is 369 g/mol. The van der Waals surface area contributed by atoms with E-state index in [4.69, 9.17) is 5.73 Å². The first-order chi connectivity index (χ1) is 12.1. The Bertz CT molecular complexity index is 656. The van der Waals surface area contributed by atoms with Crippen LogP contribution in [0.1, 0.15) is 38.3 Å². The Balaban J connectivity index is 2.24. The lowest BCUT2D eigenvalue weighted by molar-refractivity contribution is -0.150.